The number of nitrogens with zero attached hydrogens (tertiary/aromatic N) is 4. The molecule has 2 aromatic heterocycles. The van der Waals surface area contributed by atoms with Crippen molar-refractivity contribution < 1.29 is 12.9 Å². The lowest BCUT2D eigenvalue weighted by atomic mass is 10.1. The molecule has 1 aliphatic rings. The molecule has 0 aliphatic carbocycles. The Hall–Kier alpha value is -1.84. The zero-order chi connectivity index (χ0) is 17.6. The summed E-state index contributed by atoms with van der Waals surface area (Å²) in [6.07, 6.45) is 1.50. The third-order valence-electron chi connectivity index (χ3n) is 4.51. The Morgan fingerprint density at radius 1 is 1.32 bits per heavy atom. The van der Waals surface area contributed by atoms with Crippen molar-refractivity contribution in [3.63, 3.8) is 0 Å². The van der Waals surface area contributed by atoms with Gasteiger partial charge in [0.2, 0.25) is 10.0 Å². The molecule has 0 amide bonds. The summed E-state index contributed by atoms with van der Waals surface area (Å²) in [7, 11) is -3.69. The Balaban J connectivity index is 1.75. The molecular weight excluding hydrogens is 360 g/mol. The van der Waals surface area contributed by atoms with Crippen LogP contribution >= 0.6 is 11.7 Å². The highest BCUT2D eigenvalue weighted by molar-refractivity contribution is 7.89. The van der Waals surface area contributed by atoms with Crippen LogP contribution in [0.15, 0.2) is 33.7 Å². The Labute approximate surface area is 150 Å². The molecule has 0 saturated carbocycles. The van der Waals surface area contributed by atoms with Crippen molar-refractivity contribution in [1.29, 1.82) is 0 Å². The van der Waals surface area contributed by atoms with E-state index in [9.17, 15) is 8.42 Å². The molecule has 1 aromatic carbocycles. The molecule has 1 atom stereocenters. The molecule has 7 nitrogen and oxygen atoms in total. The summed E-state index contributed by atoms with van der Waals surface area (Å²) < 4.78 is 41.8. The largest absolute Gasteiger partial charge is 0.359 e. The smallest absolute Gasteiger partial charge is 0.246 e. The van der Waals surface area contributed by atoms with Gasteiger partial charge in [-0.1, -0.05) is 25.1 Å². The molecule has 0 unspecified atom stereocenters. The minimum atomic E-state index is -3.69. The van der Waals surface area contributed by atoms with E-state index in [0.717, 1.165) is 30.3 Å². The molecule has 9 heteroatoms. The second-order valence-electron chi connectivity index (χ2n) is 6.47. The van der Waals surface area contributed by atoms with Crippen LogP contribution in [0.3, 0.4) is 0 Å². The van der Waals surface area contributed by atoms with E-state index in [4.69, 9.17) is 4.52 Å². The molecule has 0 N–H and O–H groups in total. The van der Waals surface area contributed by atoms with Gasteiger partial charge in [0.1, 0.15) is 15.9 Å². The summed E-state index contributed by atoms with van der Waals surface area (Å²) >= 11 is 1.02. The molecule has 4 rings (SSSR count). The van der Waals surface area contributed by atoms with Gasteiger partial charge in [0.25, 0.3) is 0 Å². The highest BCUT2D eigenvalue weighted by Gasteiger charge is 2.39. The second kappa shape index (κ2) is 6.15. The summed E-state index contributed by atoms with van der Waals surface area (Å²) in [5.74, 6) is 0.840. The van der Waals surface area contributed by atoms with Crippen LogP contribution in [0.1, 0.15) is 50.1 Å². The first kappa shape index (κ1) is 16.6. The van der Waals surface area contributed by atoms with Crippen molar-refractivity contribution in [2.75, 3.05) is 6.54 Å². The third-order valence-corrected chi connectivity index (χ3v) is 6.99. The van der Waals surface area contributed by atoms with Gasteiger partial charge in [0.05, 0.1) is 23.5 Å². The van der Waals surface area contributed by atoms with Crippen LogP contribution in [0.25, 0.3) is 11.0 Å². The molecule has 132 valence electrons. The maximum absolute atomic E-state index is 13.3. The SMILES string of the molecule is CC(C)c1cc([C@H]2CCCN2S(=O)(=O)c2cccc3nsnc23)on1. The van der Waals surface area contributed by atoms with Gasteiger partial charge in [-0.15, -0.1) is 0 Å². The fourth-order valence-electron chi connectivity index (χ4n) is 3.16. The van der Waals surface area contributed by atoms with E-state index in [-0.39, 0.29) is 16.9 Å². The summed E-state index contributed by atoms with van der Waals surface area (Å²) in [6, 6.07) is 6.60. The van der Waals surface area contributed by atoms with Gasteiger partial charge in [0.15, 0.2) is 5.76 Å². The molecule has 0 bridgehead atoms. The van der Waals surface area contributed by atoms with E-state index < -0.39 is 10.0 Å². The van der Waals surface area contributed by atoms with E-state index in [1.165, 1.54) is 4.31 Å². The fourth-order valence-corrected chi connectivity index (χ4v) is 5.58. The molecule has 3 heterocycles. The number of fused-ring (bicyclic) bond motifs is 1. The van der Waals surface area contributed by atoms with E-state index in [0.29, 0.717) is 23.3 Å². The molecule has 3 aromatic rings. The highest BCUT2D eigenvalue weighted by atomic mass is 32.2. The monoisotopic (exact) mass is 378 g/mol. The van der Waals surface area contributed by atoms with E-state index in [2.05, 4.69) is 13.9 Å². The van der Waals surface area contributed by atoms with E-state index in [1.54, 1.807) is 18.2 Å². The molecule has 1 aliphatic heterocycles. The minimum absolute atomic E-state index is 0.203. The molecule has 0 spiro atoms. The molecular formula is C16H18N4O3S2. The van der Waals surface area contributed by atoms with Crippen molar-refractivity contribution >= 4 is 32.8 Å². The number of hydrogen-bond acceptors (Lipinski definition) is 7. The van der Waals surface area contributed by atoms with E-state index >= 15 is 0 Å². The maximum atomic E-state index is 13.3. The number of aromatic nitrogens is 3. The van der Waals surface area contributed by atoms with Crippen LogP contribution in [-0.2, 0) is 10.0 Å². The molecule has 1 fully saturated rings. The first-order valence-electron chi connectivity index (χ1n) is 8.18. The Morgan fingerprint density at radius 2 is 2.16 bits per heavy atom. The lowest BCUT2D eigenvalue weighted by Gasteiger charge is -2.22. The standard InChI is InChI=1S/C16H18N4O3S2/c1-10(2)12-9-14(23-17-12)13-6-4-8-20(13)25(21,22)15-7-3-5-11-16(15)19-24-18-11/h3,5,7,9-10,13H,4,6,8H2,1-2H3/t13-/m1/s1. The van der Waals surface area contributed by atoms with Crippen molar-refractivity contribution in [3.8, 4) is 0 Å². The van der Waals surface area contributed by atoms with Crippen LogP contribution in [0.2, 0.25) is 0 Å². The molecule has 25 heavy (non-hydrogen) atoms. The Bertz CT molecular complexity index is 1010. The van der Waals surface area contributed by atoms with Gasteiger partial charge in [-0.05, 0) is 30.9 Å². The van der Waals surface area contributed by atoms with Crippen LogP contribution in [-0.4, -0.2) is 33.2 Å². The quantitative estimate of drug-likeness (QED) is 0.692. The van der Waals surface area contributed by atoms with Gasteiger partial charge in [-0.2, -0.15) is 13.1 Å². The van der Waals surface area contributed by atoms with Gasteiger partial charge in [0, 0.05) is 12.6 Å². The van der Waals surface area contributed by atoms with Gasteiger partial charge in [-0.3, -0.25) is 0 Å². The van der Waals surface area contributed by atoms with Crippen LogP contribution < -0.4 is 0 Å². The van der Waals surface area contributed by atoms with Crippen molar-refractivity contribution in [1.82, 2.24) is 18.2 Å². The number of sulfonamides is 1. The average molecular weight is 378 g/mol. The van der Waals surface area contributed by atoms with Gasteiger partial charge in [-0.25, -0.2) is 8.42 Å². The average Bonchev–Trinajstić information content (AvgIpc) is 3.31. The second-order valence-corrected chi connectivity index (χ2v) is 8.86. The Morgan fingerprint density at radius 3 is 2.92 bits per heavy atom. The minimum Gasteiger partial charge on any atom is -0.359 e. The summed E-state index contributed by atoms with van der Waals surface area (Å²) in [6.45, 7) is 4.51. The van der Waals surface area contributed by atoms with Crippen molar-refractivity contribution in [3.05, 3.63) is 35.7 Å². The first-order chi connectivity index (χ1) is 12.0. The zero-order valence-electron chi connectivity index (χ0n) is 13.9. The van der Waals surface area contributed by atoms with Gasteiger partial charge < -0.3 is 4.52 Å². The van der Waals surface area contributed by atoms with Crippen molar-refractivity contribution in [2.24, 2.45) is 0 Å². The fraction of sp³-hybridized carbons (Fsp3) is 0.438. The highest BCUT2D eigenvalue weighted by Crippen LogP contribution is 2.38. The van der Waals surface area contributed by atoms with Crippen LogP contribution in [0, 0.1) is 0 Å². The molecule has 0 radical (unpaired) electrons. The van der Waals surface area contributed by atoms with Gasteiger partial charge >= 0.3 is 0 Å². The lowest BCUT2D eigenvalue weighted by Crippen LogP contribution is -2.30. The first-order valence-corrected chi connectivity index (χ1v) is 10.3. The van der Waals surface area contributed by atoms with E-state index in [1.807, 2.05) is 19.9 Å². The number of benzene rings is 1. The third kappa shape index (κ3) is 2.76. The summed E-state index contributed by atoms with van der Waals surface area (Å²) in [5, 5.41) is 4.07. The predicted octanol–water partition coefficient (Wildman–Crippen LogP) is 3.33. The topological polar surface area (TPSA) is 89.2 Å². The zero-order valence-corrected chi connectivity index (χ0v) is 15.5. The maximum Gasteiger partial charge on any atom is 0.246 e. The molecule has 1 saturated heterocycles. The number of hydrogen-bond donors (Lipinski definition) is 0. The summed E-state index contributed by atoms with van der Waals surface area (Å²) in [4.78, 5) is 0.203. The Kier molecular flexibility index (Phi) is 4.09. The number of rotatable bonds is 4. The predicted molar refractivity (Wildman–Crippen MR) is 93.9 cm³/mol. The summed E-state index contributed by atoms with van der Waals surface area (Å²) in [5.41, 5.74) is 1.87. The normalized spacial score (nSPS) is 19.2. The van der Waals surface area contributed by atoms with Crippen LogP contribution in [0.4, 0.5) is 0 Å². The van der Waals surface area contributed by atoms with Crippen LogP contribution in [0.5, 0.6) is 0 Å². The lowest BCUT2D eigenvalue weighted by molar-refractivity contribution is 0.296. The van der Waals surface area contributed by atoms with Crippen molar-refractivity contribution in [2.45, 2.75) is 43.5 Å².